The molecule has 0 unspecified atom stereocenters. The van der Waals surface area contributed by atoms with E-state index in [1.165, 1.54) is 10.4 Å². The van der Waals surface area contributed by atoms with Crippen LogP contribution in [0.4, 0.5) is 5.69 Å². The van der Waals surface area contributed by atoms with E-state index in [2.05, 4.69) is 38.3 Å². The summed E-state index contributed by atoms with van der Waals surface area (Å²) in [7, 11) is 0. The number of fused-ring (bicyclic) bond motifs is 1. The van der Waals surface area contributed by atoms with E-state index in [-0.39, 0.29) is 5.56 Å². The van der Waals surface area contributed by atoms with Crippen LogP contribution in [-0.2, 0) is 6.54 Å². The highest BCUT2D eigenvalue weighted by molar-refractivity contribution is 5.76. The minimum absolute atomic E-state index is 0.0472. The third-order valence-corrected chi connectivity index (χ3v) is 5.85. The molecule has 0 N–H and O–H groups in total. The molecular weight excluding hydrogens is 390 g/mol. The summed E-state index contributed by atoms with van der Waals surface area (Å²) in [6, 6.07) is 15.7. The number of hydrogen-bond acceptors (Lipinski definition) is 6. The van der Waals surface area contributed by atoms with Gasteiger partial charge in [-0.15, -0.1) is 5.10 Å². The molecule has 1 fully saturated rings. The van der Waals surface area contributed by atoms with Crippen molar-refractivity contribution >= 4 is 16.6 Å². The summed E-state index contributed by atoms with van der Waals surface area (Å²) < 4.78 is 7.29. The number of hydrogen-bond donors (Lipinski definition) is 0. The highest BCUT2D eigenvalue weighted by atomic mass is 16.5. The molecule has 0 amide bonds. The molecule has 1 saturated heterocycles. The number of anilines is 1. The molecule has 31 heavy (non-hydrogen) atoms. The molecule has 0 bridgehead atoms. The van der Waals surface area contributed by atoms with Gasteiger partial charge in [0.15, 0.2) is 0 Å². The van der Waals surface area contributed by atoms with E-state index < -0.39 is 0 Å². The van der Waals surface area contributed by atoms with Crippen molar-refractivity contribution in [3.63, 3.8) is 0 Å². The highest BCUT2D eigenvalue weighted by Crippen LogP contribution is 2.28. The van der Waals surface area contributed by atoms with Crippen molar-refractivity contribution in [1.82, 2.24) is 19.9 Å². The SMILES string of the molecule is CCOc1ccccc1N1CCN(CCCCCn2nnc3ccccc3c2=O)CC1. The lowest BCUT2D eigenvalue weighted by Gasteiger charge is -2.36. The Morgan fingerprint density at radius 1 is 0.903 bits per heavy atom. The van der Waals surface area contributed by atoms with Crippen LogP contribution in [0.3, 0.4) is 0 Å². The second kappa shape index (κ2) is 10.4. The zero-order valence-corrected chi connectivity index (χ0v) is 18.2. The van der Waals surface area contributed by atoms with Crippen LogP contribution in [0.2, 0.25) is 0 Å². The third-order valence-electron chi connectivity index (χ3n) is 5.85. The van der Waals surface area contributed by atoms with Crippen LogP contribution in [0.25, 0.3) is 10.9 Å². The monoisotopic (exact) mass is 421 g/mol. The number of aromatic nitrogens is 3. The smallest absolute Gasteiger partial charge is 0.277 e. The molecule has 164 valence electrons. The first-order chi connectivity index (χ1) is 15.3. The predicted octanol–water partition coefficient (Wildman–Crippen LogP) is 3.18. The van der Waals surface area contributed by atoms with Crippen LogP contribution in [0.15, 0.2) is 53.3 Å². The van der Waals surface area contributed by atoms with Crippen LogP contribution in [0.5, 0.6) is 5.75 Å². The van der Waals surface area contributed by atoms with Gasteiger partial charge in [-0.1, -0.05) is 35.9 Å². The second-order valence-electron chi connectivity index (χ2n) is 7.92. The summed E-state index contributed by atoms with van der Waals surface area (Å²) in [5.74, 6) is 0.977. The Labute approximate surface area is 183 Å². The quantitative estimate of drug-likeness (QED) is 0.495. The normalized spacial score (nSPS) is 14.8. The summed E-state index contributed by atoms with van der Waals surface area (Å²) in [6.07, 6.45) is 3.15. The Kier molecular flexibility index (Phi) is 7.14. The third kappa shape index (κ3) is 5.22. The molecule has 2 heterocycles. The highest BCUT2D eigenvalue weighted by Gasteiger charge is 2.19. The van der Waals surface area contributed by atoms with Crippen LogP contribution in [0, 0.1) is 0 Å². The number of ether oxygens (including phenoxy) is 1. The van der Waals surface area contributed by atoms with Crippen molar-refractivity contribution in [2.75, 3.05) is 44.2 Å². The fourth-order valence-corrected chi connectivity index (χ4v) is 4.15. The number of unbranched alkanes of at least 4 members (excludes halogenated alkanes) is 2. The first kappa shape index (κ1) is 21.3. The molecule has 7 nitrogen and oxygen atoms in total. The average Bonchev–Trinajstić information content (AvgIpc) is 2.81. The molecule has 7 heteroatoms. The van der Waals surface area contributed by atoms with Crippen LogP contribution in [-0.4, -0.2) is 59.2 Å². The van der Waals surface area contributed by atoms with Gasteiger partial charge in [0.2, 0.25) is 0 Å². The zero-order chi connectivity index (χ0) is 21.5. The van der Waals surface area contributed by atoms with Crippen LogP contribution >= 0.6 is 0 Å². The number of piperazine rings is 1. The number of rotatable bonds is 9. The second-order valence-corrected chi connectivity index (χ2v) is 7.92. The Balaban J connectivity index is 1.19. The zero-order valence-electron chi connectivity index (χ0n) is 18.2. The summed E-state index contributed by atoms with van der Waals surface area (Å²) in [5.41, 5.74) is 1.81. The lowest BCUT2D eigenvalue weighted by molar-refractivity contribution is 0.250. The topological polar surface area (TPSA) is 63.5 Å². The number of nitrogens with zero attached hydrogens (tertiary/aromatic N) is 5. The standard InChI is InChI=1S/C24H31N5O2/c1-2-31-23-13-7-6-12-22(23)28-18-16-27(17-19-28)14-8-3-9-15-29-24(30)20-10-4-5-11-21(20)25-26-29/h4-7,10-13H,2-3,8-9,14-19H2,1H3. The Morgan fingerprint density at radius 2 is 1.65 bits per heavy atom. The Bertz CT molecular complexity index is 1040. The van der Waals surface area contributed by atoms with E-state index in [1.54, 1.807) is 0 Å². The molecule has 0 aliphatic carbocycles. The fraction of sp³-hybridized carbons (Fsp3) is 0.458. The lowest BCUT2D eigenvalue weighted by atomic mass is 10.2. The predicted molar refractivity (Wildman–Crippen MR) is 124 cm³/mol. The molecule has 1 aliphatic rings. The minimum atomic E-state index is -0.0472. The molecule has 3 aromatic rings. The molecule has 0 radical (unpaired) electrons. The van der Waals surface area contributed by atoms with E-state index in [0.29, 0.717) is 24.1 Å². The minimum Gasteiger partial charge on any atom is -0.492 e. The Morgan fingerprint density at radius 3 is 2.48 bits per heavy atom. The van der Waals surface area contributed by atoms with Crippen LogP contribution in [0.1, 0.15) is 26.2 Å². The largest absolute Gasteiger partial charge is 0.492 e. The van der Waals surface area contributed by atoms with Crippen molar-refractivity contribution in [3.05, 3.63) is 58.9 Å². The van der Waals surface area contributed by atoms with E-state index in [1.807, 2.05) is 37.3 Å². The maximum atomic E-state index is 12.5. The molecule has 0 spiro atoms. The molecule has 0 atom stereocenters. The molecule has 1 aliphatic heterocycles. The first-order valence-corrected chi connectivity index (χ1v) is 11.3. The van der Waals surface area contributed by atoms with Crippen molar-refractivity contribution in [2.24, 2.45) is 0 Å². The maximum absolute atomic E-state index is 12.5. The molecule has 4 rings (SSSR count). The molecule has 1 aromatic heterocycles. The summed E-state index contributed by atoms with van der Waals surface area (Å²) in [5, 5.41) is 8.87. The summed E-state index contributed by atoms with van der Waals surface area (Å²) >= 11 is 0. The van der Waals surface area contributed by atoms with Crippen LogP contribution < -0.4 is 15.2 Å². The lowest BCUT2D eigenvalue weighted by Crippen LogP contribution is -2.46. The molecule has 2 aromatic carbocycles. The average molecular weight is 422 g/mol. The van der Waals surface area contributed by atoms with Gasteiger partial charge < -0.3 is 9.64 Å². The maximum Gasteiger partial charge on any atom is 0.277 e. The Hall–Kier alpha value is -2.93. The van der Waals surface area contributed by atoms with Gasteiger partial charge >= 0.3 is 0 Å². The fourth-order valence-electron chi connectivity index (χ4n) is 4.15. The van der Waals surface area contributed by atoms with Gasteiger partial charge in [-0.25, -0.2) is 4.68 Å². The van der Waals surface area contributed by atoms with E-state index in [0.717, 1.165) is 57.7 Å². The number of aryl methyl sites for hydroxylation is 1. The van der Waals surface area contributed by atoms with Gasteiger partial charge in [-0.3, -0.25) is 9.69 Å². The molecule has 0 saturated carbocycles. The van der Waals surface area contributed by atoms with Crippen molar-refractivity contribution in [3.8, 4) is 5.75 Å². The van der Waals surface area contributed by atoms with E-state index in [9.17, 15) is 4.79 Å². The van der Waals surface area contributed by atoms with Gasteiger partial charge in [-0.2, -0.15) is 0 Å². The van der Waals surface area contributed by atoms with Gasteiger partial charge in [0.25, 0.3) is 5.56 Å². The van der Waals surface area contributed by atoms with Gasteiger partial charge in [-0.05, 0) is 50.6 Å². The number of benzene rings is 2. The van der Waals surface area contributed by atoms with Gasteiger partial charge in [0.1, 0.15) is 11.3 Å². The van der Waals surface area contributed by atoms with Crippen molar-refractivity contribution in [1.29, 1.82) is 0 Å². The number of para-hydroxylation sites is 2. The van der Waals surface area contributed by atoms with Gasteiger partial charge in [0, 0.05) is 32.7 Å². The summed E-state index contributed by atoms with van der Waals surface area (Å²) in [6.45, 7) is 8.61. The summed E-state index contributed by atoms with van der Waals surface area (Å²) in [4.78, 5) is 17.4. The van der Waals surface area contributed by atoms with E-state index >= 15 is 0 Å². The van der Waals surface area contributed by atoms with Gasteiger partial charge in [0.05, 0.1) is 17.7 Å². The van der Waals surface area contributed by atoms with Crippen molar-refractivity contribution in [2.45, 2.75) is 32.7 Å². The van der Waals surface area contributed by atoms with Crippen molar-refractivity contribution < 1.29 is 4.74 Å². The molecular formula is C24H31N5O2. The van der Waals surface area contributed by atoms with E-state index in [4.69, 9.17) is 4.74 Å². The first-order valence-electron chi connectivity index (χ1n) is 11.3.